The highest BCUT2D eigenvalue weighted by molar-refractivity contribution is 7.09. The van der Waals surface area contributed by atoms with Gasteiger partial charge in [0.1, 0.15) is 5.69 Å². The molecule has 0 unspecified atom stereocenters. The van der Waals surface area contributed by atoms with E-state index >= 15 is 0 Å². The minimum Gasteiger partial charge on any atom is -0.478 e. The summed E-state index contributed by atoms with van der Waals surface area (Å²) in [6.45, 7) is 0.829. The van der Waals surface area contributed by atoms with Gasteiger partial charge in [0.2, 0.25) is 0 Å². The Labute approximate surface area is 157 Å². The van der Waals surface area contributed by atoms with Gasteiger partial charge in [-0.1, -0.05) is 18.2 Å². The second kappa shape index (κ2) is 7.67. The molecule has 1 amide bonds. The van der Waals surface area contributed by atoms with E-state index < -0.39 is 23.1 Å². The Kier molecular flexibility index (Phi) is 5.50. The minimum atomic E-state index is -4.55. The average Bonchev–Trinajstić information content (AvgIpc) is 3.12. The number of piperidine rings is 1. The van der Waals surface area contributed by atoms with Crippen LogP contribution in [0, 0.1) is 5.92 Å². The van der Waals surface area contributed by atoms with Crippen molar-refractivity contribution in [2.24, 2.45) is 5.92 Å². The van der Waals surface area contributed by atoms with Crippen molar-refractivity contribution in [3.05, 3.63) is 51.5 Å². The normalized spacial score (nSPS) is 15.7. The molecule has 3 rings (SSSR count). The summed E-state index contributed by atoms with van der Waals surface area (Å²) >= 11 is 0.416. The number of carbonyl (C=O) groups excluding carboxylic acids is 1. The monoisotopic (exact) mass is 398 g/mol. The van der Waals surface area contributed by atoms with Crippen LogP contribution in [-0.4, -0.2) is 40.0 Å². The van der Waals surface area contributed by atoms with Crippen LogP contribution in [0.25, 0.3) is 0 Å². The van der Waals surface area contributed by atoms with E-state index in [4.69, 9.17) is 0 Å². The SMILES string of the molecule is O=C(O)c1ccccc1CC1CCN(C(=O)c2csc(C(F)(F)F)n2)CC1. The maximum absolute atomic E-state index is 12.6. The lowest BCUT2D eigenvalue weighted by Crippen LogP contribution is -2.39. The summed E-state index contributed by atoms with van der Waals surface area (Å²) in [5.74, 6) is -1.25. The zero-order valence-corrected chi connectivity index (χ0v) is 15.0. The Hall–Kier alpha value is -2.42. The first kappa shape index (κ1) is 19.3. The van der Waals surface area contributed by atoms with Crippen LogP contribution in [0.2, 0.25) is 0 Å². The number of aromatic carboxylic acids is 1. The number of nitrogens with zero attached hydrogens (tertiary/aromatic N) is 2. The molecule has 0 radical (unpaired) electrons. The van der Waals surface area contributed by atoms with E-state index in [1.165, 1.54) is 4.90 Å². The number of alkyl halides is 3. The summed E-state index contributed by atoms with van der Waals surface area (Å²) in [6, 6.07) is 6.82. The van der Waals surface area contributed by atoms with Gasteiger partial charge in [0.25, 0.3) is 5.91 Å². The number of hydrogen-bond donors (Lipinski definition) is 1. The highest BCUT2D eigenvalue weighted by Gasteiger charge is 2.36. The number of carbonyl (C=O) groups is 2. The topological polar surface area (TPSA) is 70.5 Å². The first-order chi connectivity index (χ1) is 12.8. The Balaban J connectivity index is 1.60. The molecule has 1 N–H and O–H groups in total. The van der Waals surface area contributed by atoms with Crippen molar-refractivity contribution in [1.29, 1.82) is 0 Å². The number of carboxylic acids is 1. The number of halogens is 3. The van der Waals surface area contributed by atoms with E-state index in [1.807, 2.05) is 0 Å². The molecule has 1 fully saturated rings. The summed E-state index contributed by atoms with van der Waals surface area (Å²) in [7, 11) is 0. The van der Waals surface area contributed by atoms with Gasteiger partial charge in [-0.2, -0.15) is 13.2 Å². The zero-order valence-electron chi connectivity index (χ0n) is 14.2. The quantitative estimate of drug-likeness (QED) is 0.847. The van der Waals surface area contributed by atoms with E-state index in [-0.39, 0.29) is 17.2 Å². The fraction of sp³-hybridized carbons (Fsp3) is 0.389. The lowest BCUT2D eigenvalue weighted by molar-refractivity contribution is -0.137. The third kappa shape index (κ3) is 4.47. The van der Waals surface area contributed by atoms with E-state index in [2.05, 4.69) is 4.98 Å². The molecular weight excluding hydrogens is 381 g/mol. The fourth-order valence-electron chi connectivity index (χ4n) is 3.22. The van der Waals surface area contributed by atoms with E-state index in [0.29, 0.717) is 43.7 Å². The molecule has 27 heavy (non-hydrogen) atoms. The van der Waals surface area contributed by atoms with Gasteiger partial charge in [-0.25, -0.2) is 9.78 Å². The summed E-state index contributed by atoms with van der Waals surface area (Å²) in [6.07, 6.45) is -2.63. The number of thiazole rings is 1. The predicted octanol–water partition coefficient (Wildman–Crippen LogP) is 3.96. The van der Waals surface area contributed by atoms with Gasteiger partial charge in [0, 0.05) is 18.5 Å². The first-order valence-electron chi connectivity index (χ1n) is 8.39. The maximum atomic E-state index is 12.6. The average molecular weight is 398 g/mol. The first-order valence-corrected chi connectivity index (χ1v) is 9.27. The van der Waals surface area contributed by atoms with Crippen molar-refractivity contribution in [2.75, 3.05) is 13.1 Å². The Bertz CT molecular complexity index is 842. The number of rotatable bonds is 4. The summed E-state index contributed by atoms with van der Waals surface area (Å²) < 4.78 is 37.9. The zero-order chi connectivity index (χ0) is 19.6. The highest BCUT2D eigenvalue weighted by Crippen LogP contribution is 2.32. The second-order valence-electron chi connectivity index (χ2n) is 6.44. The molecule has 5 nitrogen and oxygen atoms in total. The van der Waals surface area contributed by atoms with Gasteiger partial charge in [-0.05, 0) is 36.8 Å². The van der Waals surface area contributed by atoms with Crippen LogP contribution < -0.4 is 0 Å². The van der Waals surface area contributed by atoms with Crippen LogP contribution in [0.4, 0.5) is 13.2 Å². The number of carboxylic acid groups (broad SMARTS) is 1. The van der Waals surface area contributed by atoms with Gasteiger partial charge < -0.3 is 10.0 Å². The Morgan fingerprint density at radius 3 is 2.48 bits per heavy atom. The van der Waals surface area contributed by atoms with Crippen LogP contribution in [0.3, 0.4) is 0 Å². The molecule has 2 aromatic rings. The number of hydrogen-bond acceptors (Lipinski definition) is 4. The summed E-state index contributed by atoms with van der Waals surface area (Å²) in [5.41, 5.74) is 0.851. The van der Waals surface area contributed by atoms with Gasteiger partial charge in [-0.15, -0.1) is 11.3 Å². The number of amides is 1. The van der Waals surface area contributed by atoms with Crippen LogP contribution in [-0.2, 0) is 12.6 Å². The van der Waals surface area contributed by atoms with Crippen LogP contribution in [0.5, 0.6) is 0 Å². The molecule has 0 bridgehead atoms. The van der Waals surface area contributed by atoms with E-state index in [0.717, 1.165) is 10.9 Å². The molecule has 9 heteroatoms. The van der Waals surface area contributed by atoms with Gasteiger partial charge in [-0.3, -0.25) is 4.79 Å². The van der Waals surface area contributed by atoms with Crippen LogP contribution in [0.1, 0.15) is 44.3 Å². The molecular formula is C18H17F3N2O3S. The lowest BCUT2D eigenvalue weighted by atomic mass is 9.88. The van der Waals surface area contributed by atoms with Gasteiger partial charge >= 0.3 is 12.1 Å². The largest absolute Gasteiger partial charge is 0.478 e. The lowest BCUT2D eigenvalue weighted by Gasteiger charge is -2.31. The smallest absolute Gasteiger partial charge is 0.443 e. The van der Waals surface area contributed by atoms with Crippen molar-refractivity contribution >= 4 is 23.2 Å². The van der Waals surface area contributed by atoms with E-state index in [1.54, 1.807) is 24.3 Å². The molecule has 0 spiro atoms. The third-order valence-electron chi connectivity index (χ3n) is 4.62. The fourth-order valence-corrected chi connectivity index (χ4v) is 3.88. The van der Waals surface area contributed by atoms with Gasteiger partial charge in [0.05, 0.1) is 5.56 Å². The highest BCUT2D eigenvalue weighted by atomic mass is 32.1. The second-order valence-corrected chi connectivity index (χ2v) is 7.30. The molecule has 144 valence electrons. The number of aromatic nitrogens is 1. The van der Waals surface area contributed by atoms with Crippen LogP contribution in [0.15, 0.2) is 29.6 Å². The Morgan fingerprint density at radius 1 is 1.22 bits per heavy atom. The summed E-state index contributed by atoms with van der Waals surface area (Å²) in [4.78, 5) is 28.6. The van der Waals surface area contributed by atoms with Crippen molar-refractivity contribution in [1.82, 2.24) is 9.88 Å². The molecule has 0 saturated carbocycles. The molecule has 1 saturated heterocycles. The molecule has 0 aliphatic carbocycles. The number of benzene rings is 1. The number of likely N-dealkylation sites (tertiary alicyclic amines) is 1. The van der Waals surface area contributed by atoms with Gasteiger partial charge in [0.15, 0.2) is 5.01 Å². The maximum Gasteiger partial charge on any atom is 0.443 e. The minimum absolute atomic E-state index is 0.179. The standard InChI is InChI=1S/C18H17F3N2O3S/c19-18(20,21)17-22-14(10-27-17)15(24)23-7-5-11(6-8-23)9-12-3-1-2-4-13(12)16(25)26/h1-4,10-11H,5-9H2,(H,25,26). The van der Waals surface area contributed by atoms with Crippen molar-refractivity contribution in [2.45, 2.75) is 25.4 Å². The predicted molar refractivity (Wildman–Crippen MR) is 92.8 cm³/mol. The molecule has 1 aromatic heterocycles. The van der Waals surface area contributed by atoms with Crippen LogP contribution >= 0.6 is 11.3 Å². The molecule has 1 aliphatic rings. The Morgan fingerprint density at radius 2 is 1.89 bits per heavy atom. The summed E-state index contributed by atoms with van der Waals surface area (Å²) in [5, 5.41) is 9.37. The van der Waals surface area contributed by atoms with Crippen molar-refractivity contribution in [3.8, 4) is 0 Å². The van der Waals surface area contributed by atoms with E-state index in [9.17, 15) is 27.9 Å². The molecule has 0 atom stereocenters. The third-order valence-corrected chi connectivity index (χ3v) is 5.51. The molecule has 1 aromatic carbocycles. The molecule has 1 aliphatic heterocycles. The van der Waals surface area contributed by atoms with Crippen molar-refractivity contribution in [3.63, 3.8) is 0 Å². The molecule has 2 heterocycles. The van der Waals surface area contributed by atoms with Crippen molar-refractivity contribution < 1.29 is 27.9 Å².